The minimum absolute atomic E-state index is 0.0986. The van der Waals surface area contributed by atoms with E-state index < -0.39 is 18.0 Å². The summed E-state index contributed by atoms with van der Waals surface area (Å²) in [4.78, 5) is 48.0. The molecule has 1 aromatic carbocycles. The van der Waals surface area contributed by atoms with Crippen molar-refractivity contribution in [3.8, 4) is 0 Å². The standard InChI is InChI=1S/C24H39N5O6/c1-17(2)11-13-27-21(30)15-34-16-22(31)29-20(6-4-5-12-25)23(32)28-19-9-7-18(8-10-19)14-35-24(33)26-3/h7-10,17,20H,4-6,11-16,25H2,1-3H3,(H,26,33)(H,27,30)(H,28,32)(H,29,31). The summed E-state index contributed by atoms with van der Waals surface area (Å²) in [5, 5.41) is 10.5. The number of nitrogens with two attached hydrogens (primary N) is 1. The Bertz CT molecular complexity index is 800. The van der Waals surface area contributed by atoms with Crippen LogP contribution in [0.15, 0.2) is 24.3 Å². The maximum absolute atomic E-state index is 12.8. The molecule has 4 amide bonds. The summed E-state index contributed by atoms with van der Waals surface area (Å²) in [6.45, 7) is 4.69. The number of unbranched alkanes of at least 4 members (excludes halogenated alkanes) is 1. The van der Waals surface area contributed by atoms with Gasteiger partial charge in [0.15, 0.2) is 0 Å². The van der Waals surface area contributed by atoms with E-state index >= 15 is 0 Å². The highest BCUT2D eigenvalue weighted by Gasteiger charge is 2.21. The summed E-state index contributed by atoms with van der Waals surface area (Å²) in [5.74, 6) is -0.684. The zero-order valence-electron chi connectivity index (χ0n) is 20.9. The van der Waals surface area contributed by atoms with Crippen LogP contribution in [0.25, 0.3) is 0 Å². The zero-order valence-corrected chi connectivity index (χ0v) is 20.9. The van der Waals surface area contributed by atoms with Crippen LogP contribution in [0.2, 0.25) is 0 Å². The van der Waals surface area contributed by atoms with Gasteiger partial charge in [-0.2, -0.15) is 0 Å². The molecule has 196 valence electrons. The lowest BCUT2D eigenvalue weighted by Crippen LogP contribution is -2.45. The Morgan fingerprint density at radius 3 is 2.29 bits per heavy atom. The van der Waals surface area contributed by atoms with Gasteiger partial charge in [0.05, 0.1) is 0 Å². The fourth-order valence-electron chi connectivity index (χ4n) is 2.92. The number of alkyl carbamates (subject to hydrolysis) is 1. The minimum atomic E-state index is -0.784. The van der Waals surface area contributed by atoms with Crippen molar-refractivity contribution in [2.24, 2.45) is 11.7 Å². The second kappa shape index (κ2) is 17.3. The average molecular weight is 494 g/mol. The number of anilines is 1. The maximum Gasteiger partial charge on any atom is 0.407 e. The molecule has 6 N–H and O–H groups in total. The van der Waals surface area contributed by atoms with Crippen molar-refractivity contribution in [1.29, 1.82) is 0 Å². The van der Waals surface area contributed by atoms with Crippen LogP contribution in [0.1, 0.15) is 45.1 Å². The van der Waals surface area contributed by atoms with Crippen LogP contribution in [0.3, 0.4) is 0 Å². The number of rotatable bonds is 16. The van der Waals surface area contributed by atoms with E-state index in [0.29, 0.717) is 44.0 Å². The van der Waals surface area contributed by atoms with Gasteiger partial charge in [-0.15, -0.1) is 0 Å². The molecule has 0 aliphatic heterocycles. The molecule has 11 heteroatoms. The molecule has 0 bridgehead atoms. The van der Waals surface area contributed by atoms with Crippen molar-refractivity contribution in [2.75, 3.05) is 38.7 Å². The van der Waals surface area contributed by atoms with Gasteiger partial charge in [-0.25, -0.2) is 4.79 Å². The van der Waals surface area contributed by atoms with Gasteiger partial charge in [0.2, 0.25) is 17.7 Å². The van der Waals surface area contributed by atoms with Gasteiger partial charge >= 0.3 is 6.09 Å². The Morgan fingerprint density at radius 1 is 0.971 bits per heavy atom. The molecule has 0 aliphatic carbocycles. The predicted molar refractivity (Wildman–Crippen MR) is 132 cm³/mol. The Kier molecular flexibility index (Phi) is 14.7. The Balaban J connectivity index is 2.54. The maximum atomic E-state index is 12.8. The first-order valence-corrected chi connectivity index (χ1v) is 11.8. The quantitative estimate of drug-likeness (QED) is 0.217. The second-order valence-electron chi connectivity index (χ2n) is 8.44. The first-order valence-electron chi connectivity index (χ1n) is 11.8. The molecule has 0 fully saturated rings. The summed E-state index contributed by atoms with van der Waals surface area (Å²) in [6, 6.07) is 6.02. The number of hydrogen-bond donors (Lipinski definition) is 5. The van der Waals surface area contributed by atoms with Gasteiger partial charge in [-0.05, 0) is 55.8 Å². The number of nitrogens with one attached hydrogen (secondary N) is 4. The Labute approximate surface area is 206 Å². The van der Waals surface area contributed by atoms with Crippen LogP contribution in [-0.4, -0.2) is 63.2 Å². The van der Waals surface area contributed by atoms with E-state index in [1.165, 1.54) is 7.05 Å². The molecule has 0 aliphatic rings. The van der Waals surface area contributed by atoms with Gasteiger partial charge in [0.1, 0.15) is 25.9 Å². The molecule has 1 rings (SSSR count). The Morgan fingerprint density at radius 2 is 1.66 bits per heavy atom. The van der Waals surface area contributed by atoms with E-state index in [-0.39, 0.29) is 31.6 Å². The van der Waals surface area contributed by atoms with Crippen LogP contribution in [0, 0.1) is 5.92 Å². The summed E-state index contributed by atoms with van der Waals surface area (Å²) >= 11 is 0. The van der Waals surface area contributed by atoms with E-state index in [9.17, 15) is 19.2 Å². The number of amides is 4. The van der Waals surface area contributed by atoms with Crippen LogP contribution >= 0.6 is 0 Å². The molecule has 0 radical (unpaired) electrons. The third-order valence-electron chi connectivity index (χ3n) is 4.90. The highest BCUT2D eigenvalue weighted by molar-refractivity contribution is 5.97. The monoisotopic (exact) mass is 493 g/mol. The number of benzene rings is 1. The average Bonchev–Trinajstić information content (AvgIpc) is 2.82. The molecule has 0 aromatic heterocycles. The zero-order chi connectivity index (χ0) is 26.1. The molecule has 1 unspecified atom stereocenters. The lowest BCUT2D eigenvalue weighted by atomic mass is 10.1. The third kappa shape index (κ3) is 14.0. The molecule has 0 saturated carbocycles. The van der Waals surface area contributed by atoms with Gasteiger partial charge in [-0.3, -0.25) is 14.4 Å². The number of ether oxygens (including phenoxy) is 2. The van der Waals surface area contributed by atoms with Crippen LogP contribution < -0.4 is 27.0 Å². The predicted octanol–water partition coefficient (Wildman–Crippen LogP) is 1.27. The van der Waals surface area contributed by atoms with E-state index in [2.05, 4.69) is 35.1 Å². The number of carbonyl (C=O) groups excluding carboxylic acids is 4. The van der Waals surface area contributed by atoms with E-state index in [0.717, 1.165) is 12.0 Å². The first-order chi connectivity index (χ1) is 16.7. The van der Waals surface area contributed by atoms with Gasteiger partial charge in [0, 0.05) is 19.3 Å². The van der Waals surface area contributed by atoms with E-state index in [1.54, 1.807) is 24.3 Å². The first kappa shape index (κ1) is 29.9. The number of carbonyl (C=O) groups is 4. The van der Waals surface area contributed by atoms with Gasteiger partial charge < -0.3 is 36.5 Å². The fourth-order valence-corrected chi connectivity index (χ4v) is 2.92. The molecular weight excluding hydrogens is 454 g/mol. The molecule has 1 atom stereocenters. The largest absolute Gasteiger partial charge is 0.445 e. The fraction of sp³-hybridized carbons (Fsp3) is 0.583. The highest BCUT2D eigenvalue weighted by Crippen LogP contribution is 2.12. The molecule has 0 spiro atoms. The van der Waals surface area contributed by atoms with E-state index in [1.807, 2.05) is 0 Å². The normalized spacial score (nSPS) is 11.5. The lowest BCUT2D eigenvalue weighted by molar-refractivity contribution is -0.133. The molecule has 35 heavy (non-hydrogen) atoms. The van der Waals surface area contributed by atoms with Crippen molar-refractivity contribution >= 4 is 29.5 Å². The van der Waals surface area contributed by atoms with Crippen LogP contribution in [0.5, 0.6) is 0 Å². The number of hydrogen-bond acceptors (Lipinski definition) is 7. The summed E-state index contributed by atoms with van der Waals surface area (Å²) in [5.41, 5.74) is 6.83. The van der Waals surface area contributed by atoms with Crippen molar-refractivity contribution in [2.45, 2.75) is 52.2 Å². The van der Waals surface area contributed by atoms with Crippen molar-refractivity contribution in [1.82, 2.24) is 16.0 Å². The van der Waals surface area contributed by atoms with Crippen molar-refractivity contribution < 1.29 is 28.7 Å². The van der Waals surface area contributed by atoms with Crippen LogP contribution in [-0.2, 0) is 30.5 Å². The van der Waals surface area contributed by atoms with Crippen molar-refractivity contribution in [3.05, 3.63) is 29.8 Å². The molecule has 11 nitrogen and oxygen atoms in total. The highest BCUT2D eigenvalue weighted by atomic mass is 16.5. The van der Waals surface area contributed by atoms with Gasteiger partial charge in [0.25, 0.3) is 0 Å². The van der Waals surface area contributed by atoms with E-state index in [4.69, 9.17) is 15.2 Å². The summed E-state index contributed by atoms with van der Waals surface area (Å²) in [7, 11) is 1.47. The third-order valence-corrected chi connectivity index (χ3v) is 4.90. The second-order valence-corrected chi connectivity index (χ2v) is 8.44. The molecule has 0 heterocycles. The topological polar surface area (TPSA) is 161 Å². The molecule has 1 aromatic rings. The molecular formula is C24H39N5O6. The molecule has 0 saturated heterocycles. The van der Waals surface area contributed by atoms with Crippen molar-refractivity contribution in [3.63, 3.8) is 0 Å². The SMILES string of the molecule is CNC(=O)OCc1ccc(NC(=O)C(CCCCN)NC(=O)COCC(=O)NCCC(C)C)cc1. The Hall–Kier alpha value is -3.18. The summed E-state index contributed by atoms with van der Waals surface area (Å²) < 4.78 is 10.2. The lowest BCUT2D eigenvalue weighted by Gasteiger charge is -2.19. The van der Waals surface area contributed by atoms with Gasteiger partial charge in [-0.1, -0.05) is 26.0 Å². The summed E-state index contributed by atoms with van der Waals surface area (Å²) in [6.07, 6.45) is 2.10. The smallest absolute Gasteiger partial charge is 0.407 e. The minimum Gasteiger partial charge on any atom is -0.445 e. The van der Waals surface area contributed by atoms with Crippen LogP contribution in [0.4, 0.5) is 10.5 Å².